The molecule has 2 heterocycles. The molecule has 24 heavy (non-hydrogen) atoms. The van der Waals surface area contributed by atoms with Crippen LogP contribution in [0.4, 0.5) is 0 Å². The van der Waals surface area contributed by atoms with Gasteiger partial charge in [-0.05, 0) is 24.6 Å². The molecule has 5 nitrogen and oxygen atoms in total. The summed E-state index contributed by atoms with van der Waals surface area (Å²) in [6, 6.07) is 6.46. The van der Waals surface area contributed by atoms with Crippen LogP contribution in [0.3, 0.4) is 0 Å². The molecule has 0 aliphatic carbocycles. The van der Waals surface area contributed by atoms with Crippen LogP contribution in [0.2, 0.25) is 10.0 Å². The molecule has 0 aliphatic rings. The molecule has 0 amide bonds. The molecule has 0 saturated heterocycles. The summed E-state index contributed by atoms with van der Waals surface area (Å²) in [4.78, 5) is 16.7. The number of hydrogen-bond donors (Lipinski definition) is 1. The lowest BCUT2D eigenvalue weighted by Gasteiger charge is -2.20. The van der Waals surface area contributed by atoms with Crippen molar-refractivity contribution in [2.75, 3.05) is 7.11 Å². The molecular formula is C17H14Cl2N2O3. The quantitative estimate of drug-likeness (QED) is 0.772. The van der Waals surface area contributed by atoms with Crippen molar-refractivity contribution in [3.8, 4) is 11.6 Å². The molecule has 124 valence electrons. The first-order chi connectivity index (χ1) is 11.5. The standard InChI is InChI=1S/C17H14Cl2N2O3/c1-9-7-20-17(24-2)14-13(23)6-10(8-22)21(15(9)14)16-11(18)4-3-5-12(16)19/h3-7,22H,8H2,1-2H3. The molecule has 1 N–H and O–H groups in total. The van der Waals surface area contributed by atoms with E-state index in [-0.39, 0.29) is 17.9 Å². The van der Waals surface area contributed by atoms with E-state index in [1.165, 1.54) is 13.2 Å². The molecule has 0 saturated carbocycles. The van der Waals surface area contributed by atoms with Crippen LogP contribution in [0.1, 0.15) is 11.3 Å². The first-order valence-electron chi connectivity index (χ1n) is 7.13. The molecule has 2 aromatic heterocycles. The van der Waals surface area contributed by atoms with Gasteiger partial charge < -0.3 is 14.4 Å². The Morgan fingerprint density at radius 3 is 2.54 bits per heavy atom. The number of aliphatic hydroxyl groups is 1. The Bertz CT molecular complexity index is 979. The van der Waals surface area contributed by atoms with Gasteiger partial charge in [0.1, 0.15) is 5.39 Å². The van der Waals surface area contributed by atoms with Crippen LogP contribution in [0.15, 0.2) is 35.3 Å². The Labute approximate surface area is 148 Å². The van der Waals surface area contributed by atoms with Gasteiger partial charge in [0.05, 0.1) is 40.7 Å². The van der Waals surface area contributed by atoms with E-state index >= 15 is 0 Å². The average molecular weight is 365 g/mol. The summed E-state index contributed by atoms with van der Waals surface area (Å²) in [5.74, 6) is 0.210. The zero-order chi connectivity index (χ0) is 17.4. The molecule has 0 unspecified atom stereocenters. The Hall–Kier alpha value is -2.08. The van der Waals surface area contributed by atoms with Gasteiger partial charge in [-0.15, -0.1) is 0 Å². The lowest BCUT2D eigenvalue weighted by atomic mass is 10.1. The van der Waals surface area contributed by atoms with Crippen molar-refractivity contribution in [2.45, 2.75) is 13.5 Å². The molecule has 1 aromatic carbocycles. The number of halogens is 2. The molecule has 0 bridgehead atoms. The van der Waals surface area contributed by atoms with E-state index in [0.29, 0.717) is 32.3 Å². The van der Waals surface area contributed by atoms with Gasteiger partial charge in [-0.3, -0.25) is 4.79 Å². The first-order valence-corrected chi connectivity index (χ1v) is 7.88. The average Bonchev–Trinajstić information content (AvgIpc) is 2.56. The molecule has 0 spiro atoms. The Balaban J connectivity index is 2.61. The SMILES string of the molecule is COc1ncc(C)c2c1c(=O)cc(CO)n2-c1c(Cl)cccc1Cl. The van der Waals surface area contributed by atoms with Gasteiger partial charge in [0, 0.05) is 12.3 Å². The third-order valence-corrected chi connectivity index (χ3v) is 4.38. The Kier molecular flexibility index (Phi) is 4.49. The molecule has 0 atom stereocenters. The van der Waals surface area contributed by atoms with Crippen molar-refractivity contribution in [3.05, 3.63) is 62.0 Å². The van der Waals surface area contributed by atoms with Gasteiger partial charge in [-0.1, -0.05) is 29.3 Å². The number of ether oxygens (including phenoxy) is 1. The van der Waals surface area contributed by atoms with Gasteiger partial charge in [0.15, 0.2) is 5.43 Å². The minimum Gasteiger partial charge on any atom is -0.480 e. The van der Waals surface area contributed by atoms with Crippen LogP contribution in [-0.2, 0) is 6.61 Å². The summed E-state index contributed by atoms with van der Waals surface area (Å²) in [5, 5.41) is 10.9. The minimum atomic E-state index is -0.350. The minimum absolute atomic E-state index is 0.210. The van der Waals surface area contributed by atoms with E-state index in [0.717, 1.165) is 5.56 Å². The highest BCUT2D eigenvalue weighted by Gasteiger charge is 2.20. The predicted octanol–water partition coefficient (Wildman–Crippen LogP) is 3.50. The fraction of sp³-hybridized carbons (Fsp3) is 0.176. The fourth-order valence-corrected chi connectivity index (χ4v) is 3.32. The number of aliphatic hydroxyl groups excluding tert-OH is 1. The van der Waals surface area contributed by atoms with Crippen LogP contribution in [0.5, 0.6) is 5.88 Å². The summed E-state index contributed by atoms with van der Waals surface area (Å²) in [5.41, 5.74) is 1.86. The van der Waals surface area contributed by atoms with Gasteiger partial charge in [-0.25, -0.2) is 4.98 Å². The number of pyridine rings is 2. The maximum absolute atomic E-state index is 12.5. The zero-order valence-corrected chi connectivity index (χ0v) is 14.5. The number of fused-ring (bicyclic) bond motifs is 1. The topological polar surface area (TPSA) is 64.3 Å². The summed E-state index contributed by atoms with van der Waals surface area (Å²) < 4.78 is 6.92. The smallest absolute Gasteiger partial charge is 0.226 e. The number of aromatic nitrogens is 2. The molecule has 7 heteroatoms. The van der Waals surface area contributed by atoms with Crippen molar-refractivity contribution in [1.82, 2.24) is 9.55 Å². The van der Waals surface area contributed by atoms with Gasteiger partial charge in [0.2, 0.25) is 5.88 Å². The van der Waals surface area contributed by atoms with Crippen molar-refractivity contribution >= 4 is 34.1 Å². The first kappa shape index (κ1) is 16.8. The number of rotatable bonds is 3. The second kappa shape index (κ2) is 6.43. The van der Waals surface area contributed by atoms with Gasteiger partial charge in [-0.2, -0.15) is 0 Å². The largest absolute Gasteiger partial charge is 0.480 e. The lowest BCUT2D eigenvalue weighted by Crippen LogP contribution is -2.16. The van der Waals surface area contributed by atoms with Crippen LogP contribution < -0.4 is 10.2 Å². The number of nitrogens with zero attached hydrogens (tertiary/aromatic N) is 2. The highest BCUT2D eigenvalue weighted by molar-refractivity contribution is 6.37. The van der Waals surface area contributed by atoms with Crippen molar-refractivity contribution in [1.29, 1.82) is 0 Å². The van der Waals surface area contributed by atoms with Crippen molar-refractivity contribution < 1.29 is 9.84 Å². The lowest BCUT2D eigenvalue weighted by molar-refractivity contribution is 0.274. The normalized spacial score (nSPS) is 11.0. The van der Waals surface area contributed by atoms with Gasteiger partial charge in [0.25, 0.3) is 0 Å². The number of para-hydroxylation sites is 1. The number of methoxy groups -OCH3 is 1. The zero-order valence-electron chi connectivity index (χ0n) is 13.0. The summed E-state index contributed by atoms with van der Waals surface area (Å²) in [7, 11) is 1.45. The monoisotopic (exact) mass is 364 g/mol. The third kappa shape index (κ3) is 2.55. The maximum atomic E-state index is 12.5. The number of benzene rings is 1. The van der Waals surface area contributed by atoms with E-state index < -0.39 is 0 Å². The van der Waals surface area contributed by atoms with E-state index in [1.807, 2.05) is 6.92 Å². The number of aryl methyl sites for hydroxylation is 1. The highest BCUT2D eigenvalue weighted by atomic mass is 35.5. The summed E-state index contributed by atoms with van der Waals surface area (Å²) >= 11 is 12.7. The van der Waals surface area contributed by atoms with Crippen LogP contribution in [0.25, 0.3) is 16.6 Å². The molecule has 3 aromatic rings. The second-order valence-electron chi connectivity index (χ2n) is 5.24. The van der Waals surface area contributed by atoms with Crippen LogP contribution in [0, 0.1) is 6.92 Å². The van der Waals surface area contributed by atoms with Gasteiger partial charge >= 0.3 is 0 Å². The molecule has 3 rings (SSSR count). The van der Waals surface area contributed by atoms with Crippen LogP contribution in [-0.4, -0.2) is 21.8 Å². The number of hydrogen-bond acceptors (Lipinski definition) is 4. The van der Waals surface area contributed by atoms with E-state index in [4.69, 9.17) is 27.9 Å². The van der Waals surface area contributed by atoms with Crippen molar-refractivity contribution in [2.24, 2.45) is 0 Å². The van der Waals surface area contributed by atoms with E-state index in [9.17, 15) is 9.90 Å². The molecule has 0 aliphatic heterocycles. The second-order valence-corrected chi connectivity index (χ2v) is 6.05. The van der Waals surface area contributed by atoms with Crippen LogP contribution >= 0.6 is 23.2 Å². The molecule has 0 fully saturated rings. The Morgan fingerprint density at radius 1 is 1.29 bits per heavy atom. The molecular weight excluding hydrogens is 351 g/mol. The van der Waals surface area contributed by atoms with Crippen molar-refractivity contribution in [3.63, 3.8) is 0 Å². The third-order valence-electron chi connectivity index (χ3n) is 3.77. The summed E-state index contributed by atoms with van der Waals surface area (Å²) in [6.45, 7) is 1.47. The van der Waals surface area contributed by atoms with E-state index in [1.54, 1.807) is 29.0 Å². The summed E-state index contributed by atoms with van der Waals surface area (Å²) in [6.07, 6.45) is 1.60. The predicted molar refractivity (Wildman–Crippen MR) is 94.6 cm³/mol. The molecule has 0 radical (unpaired) electrons. The van der Waals surface area contributed by atoms with E-state index in [2.05, 4.69) is 4.98 Å². The fourth-order valence-electron chi connectivity index (χ4n) is 2.75. The Morgan fingerprint density at radius 2 is 1.96 bits per heavy atom. The highest BCUT2D eigenvalue weighted by Crippen LogP contribution is 2.34. The maximum Gasteiger partial charge on any atom is 0.226 e.